The number of carbonyl (C=O) groups excluding carboxylic acids is 4. The minimum Gasteiger partial charge on any atom is -0.443 e. The fraction of sp³-hybridized carbons (Fsp3) is 0.441. The Labute approximate surface area is 261 Å². The van der Waals surface area contributed by atoms with Gasteiger partial charge in [-0.3, -0.25) is 34.2 Å². The third-order valence-corrected chi connectivity index (χ3v) is 8.41. The number of nitrogens with one attached hydrogen (secondary N) is 2. The Hall–Kier alpha value is -4.85. The average Bonchev–Trinajstić information content (AvgIpc) is 3.24. The number of ether oxygens (including phenoxy) is 1. The number of hydrogen-bond donors (Lipinski definition) is 2. The van der Waals surface area contributed by atoms with Crippen molar-refractivity contribution in [3.63, 3.8) is 0 Å². The van der Waals surface area contributed by atoms with Gasteiger partial charge >= 0.3 is 11.8 Å². The number of hydrogen-bond acceptors (Lipinski definition) is 6. The van der Waals surface area contributed by atoms with E-state index >= 15 is 0 Å². The van der Waals surface area contributed by atoms with Gasteiger partial charge in [-0.25, -0.2) is 9.59 Å². The van der Waals surface area contributed by atoms with E-state index in [-0.39, 0.29) is 36.3 Å². The van der Waals surface area contributed by atoms with E-state index in [1.807, 2.05) is 37.8 Å². The first-order valence-electron chi connectivity index (χ1n) is 15.4. The van der Waals surface area contributed by atoms with E-state index < -0.39 is 23.6 Å². The lowest BCUT2D eigenvalue weighted by atomic mass is 9.96. The third-order valence-electron chi connectivity index (χ3n) is 8.41. The summed E-state index contributed by atoms with van der Waals surface area (Å²) in [5.41, 5.74) is 2.27. The van der Waals surface area contributed by atoms with Crippen LogP contribution in [0.25, 0.3) is 11.0 Å². The van der Waals surface area contributed by atoms with Crippen LogP contribution in [0.5, 0.6) is 0 Å². The molecule has 45 heavy (non-hydrogen) atoms. The van der Waals surface area contributed by atoms with Crippen molar-refractivity contribution in [2.45, 2.75) is 70.9 Å². The molecule has 0 radical (unpaired) electrons. The molecule has 2 fully saturated rings. The van der Waals surface area contributed by atoms with Gasteiger partial charge in [0.2, 0.25) is 11.8 Å². The van der Waals surface area contributed by atoms with Crippen LogP contribution in [0, 0.1) is 17.8 Å². The van der Waals surface area contributed by atoms with Gasteiger partial charge in [-0.05, 0) is 82.0 Å². The maximum absolute atomic E-state index is 13.1. The standard InChI is InChI=1S/C34H39N5O6/c1-5-18-34(2,3)45-32(43)35-25-11-9-24(10-12-25)31(42)38-19-16-22(17-20-38)6-7-23-8-13-26-28(21-23)37(4)33(44)39(26)27-14-15-29(40)36-30(27)41/h8-13,21-22,27H,5,14-20H2,1-4H3,(H,35,43)(H,36,40,41). The van der Waals surface area contributed by atoms with Crippen LogP contribution in [0.2, 0.25) is 0 Å². The van der Waals surface area contributed by atoms with Crippen molar-refractivity contribution in [2.24, 2.45) is 13.0 Å². The van der Waals surface area contributed by atoms with Crippen molar-refractivity contribution in [1.29, 1.82) is 0 Å². The number of rotatable bonds is 6. The summed E-state index contributed by atoms with van der Waals surface area (Å²) in [4.78, 5) is 64.2. The van der Waals surface area contributed by atoms with Crippen molar-refractivity contribution in [3.8, 4) is 11.8 Å². The average molecular weight is 614 g/mol. The number of benzene rings is 2. The molecular formula is C34H39N5O6. The summed E-state index contributed by atoms with van der Waals surface area (Å²) in [6, 6.07) is 11.6. The highest BCUT2D eigenvalue weighted by Gasteiger charge is 2.31. The van der Waals surface area contributed by atoms with Crippen LogP contribution in [-0.2, 0) is 21.4 Å². The van der Waals surface area contributed by atoms with Crippen LogP contribution in [0.4, 0.5) is 10.5 Å². The molecule has 1 unspecified atom stereocenters. The summed E-state index contributed by atoms with van der Waals surface area (Å²) in [6.45, 7) is 6.96. The molecule has 2 saturated heterocycles. The van der Waals surface area contributed by atoms with Gasteiger partial charge in [0.15, 0.2) is 0 Å². The van der Waals surface area contributed by atoms with Crippen LogP contribution in [0.1, 0.15) is 81.3 Å². The molecule has 0 bridgehead atoms. The molecule has 5 rings (SSSR count). The van der Waals surface area contributed by atoms with Crippen molar-refractivity contribution in [1.82, 2.24) is 19.4 Å². The lowest BCUT2D eigenvalue weighted by Crippen LogP contribution is -2.44. The number of likely N-dealkylation sites (tertiary alicyclic amines) is 1. The number of nitrogens with zero attached hydrogens (tertiary/aromatic N) is 3. The zero-order valence-corrected chi connectivity index (χ0v) is 26.1. The van der Waals surface area contributed by atoms with Crippen LogP contribution in [0.15, 0.2) is 47.3 Å². The van der Waals surface area contributed by atoms with Gasteiger partial charge in [-0.15, -0.1) is 0 Å². The number of aromatic nitrogens is 2. The quantitative estimate of drug-likeness (QED) is 0.314. The summed E-state index contributed by atoms with van der Waals surface area (Å²) in [5.74, 6) is 5.83. The van der Waals surface area contributed by atoms with E-state index in [1.54, 1.807) is 37.4 Å². The second-order valence-corrected chi connectivity index (χ2v) is 12.3. The Kier molecular flexibility index (Phi) is 9.14. The minimum absolute atomic E-state index is 0.0634. The molecule has 236 valence electrons. The molecule has 2 aliphatic rings. The highest BCUT2D eigenvalue weighted by molar-refractivity contribution is 6.00. The second kappa shape index (κ2) is 13.0. The summed E-state index contributed by atoms with van der Waals surface area (Å²) >= 11 is 0. The van der Waals surface area contributed by atoms with Crippen LogP contribution in [-0.4, -0.2) is 56.5 Å². The Morgan fingerprint density at radius 1 is 1.02 bits per heavy atom. The number of imide groups is 1. The zero-order chi connectivity index (χ0) is 32.3. The molecule has 0 saturated carbocycles. The predicted octanol–water partition coefficient (Wildman–Crippen LogP) is 4.35. The molecule has 4 amide bonds. The molecule has 2 N–H and O–H groups in total. The van der Waals surface area contributed by atoms with Crippen molar-refractivity contribution < 1.29 is 23.9 Å². The predicted molar refractivity (Wildman–Crippen MR) is 170 cm³/mol. The molecule has 0 aliphatic carbocycles. The fourth-order valence-corrected chi connectivity index (χ4v) is 6.01. The zero-order valence-electron chi connectivity index (χ0n) is 26.1. The van der Waals surface area contributed by atoms with Gasteiger partial charge < -0.3 is 9.64 Å². The SMILES string of the molecule is CCCC(C)(C)OC(=O)Nc1ccc(C(=O)N2CCC(C#Cc3ccc4c(c3)n(C)c(=O)n4C3CCC(=O)NC3=O)CC2)cc1. The van der Waals surface area contributed by atoms with Gasteiger partial charge in [0.25, 0.3) is 5.91 Å². The fourth-order valence-electron chi connectivity index (χ4n) is 6.01. The Bertz CT molecular complexity index is 1750. The Morgan fingerprint density at radius 2 is 1.73 bits per heavy atom. The minimum atomic E-state index is -0.731. The maximum Gasteiger partial charge on any atom is 0.412 e. The molecule has 2 aromatic carbocycles. The number of aryl methyl sites for hydroxylation is 1. The number of carbonyl (C=O) groups is 4. The molecular weight excluding hydrogens is 574 g/mol. The topological polar surface area (TPSA) is 132 Å². The molecule has 2 aliphatic heterocycles. The van der Waals surface area contributed by atoms with Crippen LogP contribution in [0.3, 0.4) is 0 Å². The highest BCUT2D eigenvalue weighted by atomic mass is 16.6. The second-order valence-electron chi connectivity index (χ2n) is 12.3. The Morgan fingerprint density at radius 3 is 2.40 bits per heavy atom. The van der Waals surface area contributed by atoms with Crippen LogP contribution >= 0.6 is 0 Å². The number of amides is 4. The first kappa shape index (κ1) is 31.6. The first-order valence-corrected chi connectivity index (χ1v) is 15.4. The number of piperidine rings is 2. The van der Waals surface area contributed by atoms with E-state index in [9.17, 15) is 24.0 Å². The molecule has 0 spiro atoms. The summed E-state index contributed by atoms with van der Waals surface area (Å²) in [7, 11) is 1.66. The van der Waals surface area contributed by atoms with Crippen LogP contribution < -0.4 is 16.3 Å². The van der Waals surface area contributed by atoms with E-state index in [0.717, 1.165) is 31.2 Å². The highest BCUT2D eigenvalue weighted by Crippen LogP contribution is 2.25. The largest absolute Gasteiger partial charge is 0.443 e. The molecule has 11 heteroatoms. The lowest BCUT2D eigenvalue weighted by Gasteiger charge is -2.30. The summed E-state index contributed by atoms with van der Waals surface area (Å²) in [6.07, 6.45) is 3.10. The molecule has 3 heterocycles. The third kappa shape index (κ3) is 7.11. The number of imidazole rings is 1. The molecule has 1 atom stereocenters. The van der Waals surface area contributed by atoms with Gasteiger partial charge in [0.1, 0.15) is 11.6 Å². The van der Waals surface area contributed by atoms with Gasteiger partial charge in [0, 0.05) is 49.3 Å². The van der Waals surface area contributed by atoms with Gasteiger partial charge in [0.05, 0.1) is 11.0 Å². The number of fused-ring (bicyclic) bond motifs is 1. The van der Waals surface area contributed by atoms with Crippen molar-refractivity contribution >= 4 is 40.5 Å². The van der Waals surface area contributed by atoms with E-state index in [4.69, 9.17) is 4.74 Å². The van der Waals surface area contributed by atoms with E-state index in [1.165, 1.54) is 9.13 Å². The lowest BCUT2D eigenvalue weighted by molar-refractivity contribution is -0.135. The summed E-state index contributed by atoms with van der Waals surface area (Å²) in [5, 5.41) is 5.05. The Balaban J connectivity index is 1.18. The maximum atomic E-state index is 13.1. The first-order chi connectivity index (χ1) is 21.5. The van der Waals surface area contributed by atoms with Crippen molar-refractivity contribution in [2.75, 3.05) is 18.4 Å². The van der Waals surface area contributed by atoms with Crippen molar-refractivity contribution in [3.05, 3.63) is 64.1 Å². The van der Waals surface area contributed by atoms with E-state index in [2.05, 4.69) is 22.5 Å². The van der Waals surface area contributed by atoms with Gasteiger partial charge in [-0.2, -0.15) is 0 Å². The monoisotopic (exact) mass is 613 g/mol. The normalized spacial score (nSPS) is 17.4. The van der Waals surface area contributed by atoms with E-state index in [0.29, 0.717) is 35.4 Å². The molecule has 1 aromatic heterocycles. The molecule has 3 aromatic rings. The smallest absolute Gasteiger partial charge is 0.412 e. The summed E-state index contributed by atoms with van der Waals surface area (Å²) < 4.78 is 8.45. The molecule has 11 nitrogen and oxygen atoms in total. The van der Waals surface area contributed by atoms with Gasteiger partial charge in [-0.1, -0.05) is 25.2 Å². The number of anilines is 1.